The van der Waals surface area contributed by atoms with Gasteiger partial charge in [0.1, 0.15) is 23.3 Å². The topological polar surface area (TPSA) is 128 Å². The van der Waals surface area contributed by atoms with E-state index in [1.807, 2.05) is 30.6 Å². The molecule has 2 aromatic rings. The lowest BCUT2D eigenvalue weighted by Gasteiger charge is -2.33. The molecule has 5 heterocycles. The van der Waals surface area contributed by atoms with E-state index >= 15 is 0 Å². The molecule has 3 N–H and O–H groups in total. The minimum absolute atomic E-state index is 0.0538. The number of methoxy groups -OCH3 is 1. The number of hydrogen-bond acceptors (Lipinski definition) is 8. The Morgan fingerprint density at radius 3 is 2.89 bits per heavy atom. The smallest absolute Gasteiger partial charge is 0.257 e. The first kappa shape index (κ1) is 22.9. The molecule has 4 aliphatic rings. The standard InChI is InChI=1S/C25H29N7O4/c1-26-22-10-18(29-24-16(12-28-32(22)24)25(34)30-17-5-6-20(17)33)15-11-27-23-14(15)4-3-8-31(23)19-7-9-36-13-21(19)35-2/h3-4,8,10-12,17,19-21,26,33H,5-7,9,13H2,1-2H3,(H,30,34)/t17?,19-,20+,21-/m0/s1. The predicted molar refractivity (Wildman–Crippen MR) is 132 cm³/mol. The average Bonchev–Trinajstić information content (AvgIpc) is 3.54. The van der Waals surface area contributed by atoms with Gasteiger partial charge in [-0.3, -0.25) is 4.79 Å². The summed E-state index contributed by atoms with van der Waals surface area (Å²) in [5.41, 5.74) is 3.30. The number of aliphatic hydroxyl groups is 1. The Bertz CT molecular complexity index is 1380. The van der Waals surface area contributed by atoms with Gasteiger partial charge in [-0.1, -0.05) is 0 Å². The second-order valence-electron chi connectivity index (χ2n) is 9.32. The summed E-state index contributed by atoms with van der Waals surface area (Å²) in [4.78, 5) is 22.6. The van der Waals surface area contributed by atoms with Crippen LogP contribution in [0.15, 0.2) is 36.8 Å². The van der Waals surface area contributed by atoms with Crippen LogP contribution in [0, 0.1) is 0 Å². The number of rotatable bonds is 6. The highest BCUT2D eigenvalue weighted by atomic mass is 16.5. The molecule has 1 unspecified atom stereocenters. The van der Waals surface area contributed by atoms with E-state index in [-0.39, 0.29) is 24.1 Å². The minimum atomic E-state index is -0.505. The molecule has 1 aliphatic carbocycles. The van der Waals surface area contributed by atoms with Crippen molar-refractivity contribution in [2.75, 3.05) is 32.7 Å². The first-order valence-electron chi connectivity index (χ1n) is 12.2. The Hall–Kier alpha value is -3.54. The lowest BCUT2D eigenvalue weighted by atomic mass is 9.89. The number of carbonyl (C=O) groups excluding carboxylic acids is 1. The number of fused-ring (bicyclic) bond motifs is 2. The van der Waals surface area contributed by atoms with E-state index in [0.717, 1.165) is 29.8 Å². The monoisotopic (exact) mass is 491 g/mol. The van der Waals surface area contributed by atoms with Gasteiger partial charge in [0.05, 0.1) is 36.7 Å². The number of carbonyl (C=O) groups is 1. The molecule has 6 rings (SSSR count). The van der Waals surface area contributed by atoms with Gasteiger partial charge in [-0.2, -0.15) is 9.61 Å². The molecule has 36 heavy (non-hydrogen) atoms. The molecule has 2 fully saturated rings. The number of amides is 1. The van der Waals surface area contributed by atoms with Gasteiger partial charge in [0.25, 0.3) is 5.91 Å². The number of anilines is 1. The van der Waals surface area contributed by atoms with Crippen molar-refractivity contribution in [1.82, 2.24) is 29.5 Å². The maximum atomic E-state index is 13.0. The van der Waals surface area contributed by atoms with E-state index in [1.165, 1.54) is 6.20 Å². The summed E-state index contributed by atoms with van der Waals surface area (Å²) in [5.74, 6) is 1.24. The quantitative estimate of drug-likeness (QED) is 0.374. The van der Waals surface area contributed by atoms with Crippen LogP contribution in [-0.4, -0.2) is 80.8 Å². The van der Waals surface area contributed by atoms with Crippen LogP contribution < -0.4 is 10.6 Å². The van der Waals surface area contributed by atoms with Crippen molar-refractivity contribution in [3.8, 4) is 22.6 Å². The molecule has 3 aliphatic heterocycles. The van der Waals surface area contributed by atoms with Crippen LogP contribution in [0.25, 0.3) is 28.3 Å². The molecule has 1 amide bonds. The fourth-order valence-corrected chi connectivity index (χ4v) is 5.11. The first-order chi connectivity index (χ1) is 17.6. The number of ether oxygens (including phenoxy) is 2. The van der Waals surface area contributed by atoms with Gasteiger partial charge in [-0.15, -0.1) is 0 Å². The van der Waals surface area contributed by atoms with E-state index < -0.39 is 6.10 Å². The highest BCUT2D eigenvalue weighted by Crippen LogP contribution is 2.37. The molecule has 0 radical (unpaired) electrons. The number of nitrogens with zero attached hydrogens (tertiary/aromatic N) is 5. The molecule has 1 saturated heterocycles. The molecule has 4 atom stereocenters. The van der Waals surface area contributed by atoms with Crippen molar-refractivity contribution in [3.63, 3.8) is 0 Å². The van der Waals surface area contributed by atoms with Crippen LogP contribution in [0.4, 0.5) is 5.82 Å². The number of nitrogens with one attached hydrogen (secondary N) is 2. The third kappa shape index (κ3) is 3.71. The van der Waals surface area contributed by atoms with Gasteiger partial charge in [0.2, 0.25) is 0 Å². The number of aromatic nitrogens is 5. The van der Waals surface area contributed by atoms with Crippen molar-refractivity contribution >= 4 is 17.4 Å². The summed E-state index contributed by atoms with van der Waals surface area (Å²) >= 11 is 0. The van der Waals surface area contributed by atoms with Crippen LogP contribution in [0.1, 0.15) is 35.7 Å². The summed E-state index contributed by atoms with van der Waals surface area (Å²) in [5, 5.41) is 20.3. The molecule has 0 bridgehead atoms. The van der Waals surface area contributed by atoms with Crippen molar-refractivity contribution < 1.29 is 19.4 Å². The molecule has 11 heteroatoms. The number of aliphatic hydroxyl groups excluding tert-OH is 1. The number of hydrogen-bond donors (Lipinski definition) is 3. The lowest BCUT2D eigenvalue weighted by molar-refractivity contribution is -0.0600. The summed E-state index contributed by atoms with van der Waals surface area (Å²) in [6.07, 6.45) is 7.10. The van der Waals surface area contributed by atoms with E-state index in [4.69, 9.17) is 19.4 Å². The summed E-state index contributed by atoms with van der Waals surface area (Å²) in [6, 6.07) is 5.82. The fraction of sp³-hybridized carbons (Fsp3) is 0.440. The predicted octanol–water partition coefficient (Wildman–Crippen LogP) is 1.97. The molecule has 11 nitrogen and oxygen atoms in total. The van der Waals surface area contributed by atoms with Gasteiger partial charge in [-0.05, 0) is 31.4 Å². The summed E-state index contributed by atoms with van der Waals surface area (Å²) < 4.78 is 15.1. The van der Waals surface area contributed by atoms with Gasteiger partial charge in [0.15, 0.2) is 5.65 Å². The third-order valence-corrected chi connectivity index (χ3v) is 7.33. The van der Waals surface area contributed by atoms with Gasteiger partial charge < -0.3 is 29.8 Å². The minimum Gasteiger partial charge on any atom is -0.391 e. The van der Waals surface area contributed by atoms with Gasteiger partial charge in [-0.25, -0.2) is 9.97 Å². The molecular formula is C25H29N7O4. The molecule has 1 saturated carbocycles. The maximum Gasteiger partial charge on any atom is 0.257 e. The fourth-order valence-electron chi connectivity index (χ4n) is 5.11. The third-order valence-electron chi connectivity index (χ3n) is 7.33. The average molecular weight is 492 g/mol. The molecule has 0 spiro atoms. The van der Waals surface area contributed by atoms with E-state index in [1.54, 1.807) is 18.7 Å². The SMILES string of the molecule is CNc1cc(-c2cnc3n([C@H]4CCOC[C@@H]4OC)cccc2-3)nc2c(C(=O)NC3CC[C@H]3O)cnn12. The largest absolute Gasteiger partial charge is 0.391 e. The van der Waals surface area contributed by atoms with Crippen LogP contribution in [0.3, 0.4) is 0 Å². The summed E-state index contributed by atoms with van der Waals surface area (Å²) in [7, 11) is 3.51. The Balaban J connectivity index is 1.39. The van der Waals surface area contributed by atoms with Crippen LogP contribution in [0.2, 0.25) is 0 Å². The zero-order valence-corrected chi connectivity index (χ0v) is 20.2. The van der Waals surface area contributed by atoms with Crippen LogP contribution in [-0.2, 0) is 9.47 Å². The molecule has 2 aromatic heterocycles. The number of pyridine rings is 1. The van der Waals surface area contributed by atoms with E-state index in [2.05, 4.69) is 20.3 Å². The summed E-state index contributed by atoms with van der Waals surface area (Å²) in [6.45, 7) is 1.22. The normalized spacial score (nSPS) is 24.1. The van der Waals surface area contributed by atoms with Gasteiger partial charge >= 0.3 is 0 Å². The second kappa shape index (κ2) is 9.16. The van der Waals surface area contributed by atoms with Crippen molar-refractivity contribution in [3.05, 3.63) is 42.4 Å². The zero-order chi connectivity index (χ0) is 24.8. The molecular weight excluding hydrogens is 462 g/mol. The van der Waals surface area contributed by atoms with Crippen molar-refractivity contribution in [2.45, 2.75) is 43.6 Å². The van der Waals surface area contributed by atoms with Crippen molar-refractivity contribution in [1.29, 1.82) is 0 Å². The Morgan fingerprint density at radius 2 is 2.14 bits per heavy atom. The Kier molecular flexibility index (Phi) is 5.82. The zero-order valence-electron chi connectivity index (χ0n) is 20.2. The van der Waals surface area contributed by atoms with Gasteiger partial charge in [0, 0.05) is 50.4 Å². The first-order valence-corrected chi connectivity index (χ1v) is 12.2. The highest BCUT2D eigenvalue weighted by Gasteiger charge is 2.32. The Labute approximate surface area is 207 Å². The van der Waals surface area contributed by atoms with Crippen LogP contribution in [0.5, 0.6) is 0 Å². The van der Waals surface area contributed by atoms with Crippen LogP contribution >= 0.6 is 0 Å². The molecule has 0 aromatic carbocycles. The Morgan fingerprint density at radius 1 is 1.25 bits per heavy atom. The highest BCUT2D eigenvalue weighted by molar-refractivity contribution is 6.00. The van der Waals surface area contributed by atoms with Crippen molar-refractivity contribution in [2.24, 2.45) is 0 Å². The lowest BCUT2D eigenvalue weighted by Crippen LogP contribution is -2.50. The maximum absolute atomic E-state index is 13.0. The van der Waals surface area contributed by atoms with E-state index in [9.17, 15) is 9.90 Å². The second-order valence-corrected chi connectivity index (χ2v) is 9.32. The molecule has 188 valence electrons. The van der Waals surface area contributed by atoms with E-state index in [0.29, 0.717) is 42.4 Å².